The molecule has 2 heterocycles. The zero-order valence-corrected chi connectivity index (χ0v) is 23.2. The Morgan fingerprint density at radius 2 is 1.85 bits per heavy atom. The van der Waals surface area contributed by atoms with Gasteiger partial charge in [-0.05, 0) is 94.4 Å². The minimum atomic E-state index is -0.136. The Morgan fingerprint density at radius 3 is 2.70 bits per heavy atom. The summed E-state index contributed by atoms with van der Waals surface area (Å²) in [4.78, 5) is 10.4. The molecular formula is C38H34N2. The van der Waals surface area contributed by atoms with Gasteiger partial charge in [-0.25, -0.2) is 4.98 Å². The van der Waals surface area contributed by atoms with Gasteiger partial charge in [-0.2, -0.15) is 0 Å². The van der Waals surface area contributed by atoms with Crippen molar-refractivity contribution in [1.82, 2.24) is 4.98 Å². The number of pyridine rings is 1. The lowest BCUT2D eigenvalue weighted by molar-refractivity contribution is 0.865. The quantitative estimate of drug-likeness (QED) is 0.319. The minimum absolute atomic E-state index is 0.136. The summed E-state index contributed by atoms with van der Waals surface area (Å²) in [7, 11) is 0. The van der Waals surface area contributed by atoms with Crippen LogP contribution in [0.25, 0.3) is 34.6 Å². The maximum absolute atomic E-state index is 5.37. The van der Waals surface area contributed by atoms with E-state index in [9.17, 15) is 0 Å². The van der Waals surface area contributed by atoms with Crippen molar-refractivity contribution >= 4 is 29.5 Å². The summed E-state index contributed by atoms with van der Waals surface area (Å²) in [5.41, 5.74) is 13.4. The van der Waals surface area contributed by atoms with Crippen molar-refractivity contribution in [3.8, 4) is 11.3 Å². The Kier molecular flexibility index (Phi) is 6.40. The van der Waals surface area contributed by atoms with E-state index in [0.717, 1.165) is 24.2 Å². The van der Waals surface area contributed by atoms with Crippen LogP contribution in [0.15, 0.2) is 108 Å². The number of allylic oxidation sites excluding steroid dienone is 9. The highest BCUT2D eigenvalue weighted by Crippen LogP contribution is 2.53. The third-order valence-corrected chi connectivity index (χ3v) is 8.56. The van der Waals surface area contributed by atoms with Crippen molar-refractivity contribution in [1.29, 1.82) is 0 Å². The molecule has 2 bridgehead atoms. The van der Waals surface area contributed by atoms with Crippen LogP contribution < -0.4 is 0 Å². The summed E-state index contributed by atoms with van der Waals surface area (Å²) in [6, 6.07) is 19.6. The highest BCUT2D eigenvalue weighted by Gasteiger charge is 2.40. The Hall–Kier alpha value is -4.30. The van der Waals surface area contributed by atoms with E-state index in [2.05, 4.69) is 123 Å². The van der Waals surface area contributed by atoms with E-state index in [1.54, 1.807) is 0 Å². The Bertz CT molecular complexity index is 1690. The summed E-state index contributed by atoms with van der Waals surface area (Å²) in [5, 5.41) is 0. The monoisotopic (exact) mass is 518 g/mol. The van der Waals surface area contributed by atoms with Crippen LogP contribution in [0.3, 0.4) is 0 Å². The number of rotatable bonds is 6. The van der Waals surface area contributed by atoms with Gasteiger partial charge >= 0.3 is 0 Å². The lowest BCUT2D eigenvalue weighted by Gasteiger charge is -2.19. The molecule has 1 fully saturated rings. The molecule has 2 nitrogen and oxygen atoms in total. The van der Waals surface area contributed by atoms with E-state index in [1.807, 2.05) is 6.21 Å². The van der Waals surface area contributed by atoms with E-state index < -0.39 is 0 Å². The van der Waals surface area contributed by atoms with Crippen LogP contribution in [0.4, 0.5) is 0 Å². The van der Waals surface area contributed by atoms with Gasteiger partial charge in [-0.15, -0.1) is 0 Å². The van der Waals surface area contributed by atoms with Crippen molar-refractivity contribution in [3.05, 3.63) is 136 Å². The number of hydrogen-bond donors (Lipinski definition) is 0. The van der Waals surface area contributed by atoms with Gasteiger partial charge in [-0.1, -0.05) is 98.8 Å². The van der Waals surface area contributed by atoms with Crippen molar-refractivity contribution in [3.63, 3.8) is 0 Å². The van der Waals surface area contributed by atoms with Crippen LogP contribution in [-0.2, 0) is 6.42 Å². The molecule has 0 amide bonds. The third-order valence-electron chi connectivity index (χ3n) is 8.56. The summed E-state index contributed by atoms with van der Waals surface area (Å²) in [5.74, 6) is 1.28. The van der Waals surface area contributed by atoms with E-state index in [1.165, 1.54) is 56.5 Å². The summed E-state index contributed by atoms with van der Waals surface area (Å²) < 4.78 is 0. The second-order valence-corrected chi connectivity index (χ2v) is 11.1. The highest BCUT2D eigenvalue weighted by atomic mass is 14.9. The van der Waals surface area contributed by atoms with Gasteiger partial charge in [0.15, 0.2) is 0 Å². The molecule has 2 heteroatoms. The molecule has 196 valence electrons. The lowest BCUT2D eigenvalue weighted by Crippen LogP contribution is -2.06. The highest BCUT2D eigenvalue weighted by molar-refractivity contribution is 5.96. The van der Waals surface area contributed by atoms with Crippen molar-refractivity contribution in [2.45, 2.75) is 39.2 Å². The second kappa shape index (κ2) is 10.4. The number of aryl methyl sites for hydroxylation is 1. The lowest BCUT2D eigenvalue weighted by atomic mass is 9.89. The summed E-state index contributed by atoms with van der Waals surface area (Å²) in [6.45, 7) is 4.42. The molecule has 3 aromatic rings. The largest absolute Gasteiger partial charge is 0.279 e. The number of nitrogens with zero attached hydrogens (tertiary/aromatic N) is 2. The van der Waals surface area contributed by atoms with Crippen molar-refractivity contribution in [2.24, 2.45) is 16.8 Å². The van der Waals surface area contributed by atoms with Gasteiger partial charge in [0.2, 0.25) is 0 Å². The van der Waals surface area contributed by atoms with E-state index in [-0.39, 0.29) is 6.04 Å². The molecule has 1 saturated carbocycles. The first-order valence-electron chi connectivity index (χ1n) is 14.7. The normalized spacial score (nSPS) is 22.1. The minimum Gasteiger partial charge on any atom is -0.279 e. The maximum Gasteiger partial charge on any atom is 0.112 e. The predicted octanol–water partition coefficient (Wildman–Crippen LogP) is 9.49. The van der Waals surface area contributed by atoms with Crippen LogP contribution in [0.1, 0.15) is 66.2 Å². The molecule has 3 atom stereocenters. The molecule has 1 aromatic heterocycles. The second-order valence-electron chi connectivity index (χ2n) is 11.1. The molecule has 1 aliphatic heterocycles. The Morgan fingerprint density at radius 1 is 0.950 bits per heavy atom. The fourth-order valence-corrected chi connectivity index (χ4v) is 6.30. The first-order chi connectivity index (χ1) is 19.7. The molecule has 0 spiro atoms. The van der Waals surface area contributed by atoms with Crippen LogP contribution in [0, 0.1) is 11.8 Å². The standard InChI is InChI=1S/C38H34N2/c1-3-5-10-26-15-16-30(21-25(26)4-2)36-24-35(32-14-9-13-28-22-34(28)32)33-18-17-29-23-37(38(33)40-36)39-20-19-31(29)27-11-7-6-8-12-27/h5-21,23-24,28,34,37H,3-4,22H2,1-2H3/b10-5-. The van der Waals surface area contributed by atoms with Crippen molar-refractivity contribution < 1.29 is 0 Å². The Balaban J connectivity index is 1.39. The molecule has 40 heavy (non-hydrogen) atoms. The Labute approximate surface area is 237 Å². The molecule has 0 radical (unpaired) electrons. The average molecular weight is 519 g/mol. The number of hydrogen-bond acceptors (Lipinski definition) is 2. The molecule has 3 aliphatic carbocycles. The van der Waals surface area contributed by atoms with Gasteiger partial charge in [0.05, 0.1) is 11.4 Å². The van der Waals surface area contributed by atoms with Gasteiger partial charge in [-0.3, -0.25) is 4.99 Å². The van der Waals surface area contributed by atoms with Gasteiger partial charge in [0, 0.05) is 17.3 Å². The molecule has 4 aliphatic rings. The SMILES string of the molecule is CC/C=C\c1ccc(-c2cc(C3=CC=CC4CC34)c3c(n2)C2C=C(C=C3)C(c3ccccc3)=CC=N2)cc1CC. The van der Waals surface area contributed by atoms with Crippen LogP contribution in [0.2, 0.25) is 0 Å². The number of benzene rings is 2. The van der Waals surface area contributed by atoms with Crippen LogP contribution in [0.5, 0.6) is 0 Å². The van der Waals surface area contributed by atoms with Crippen molar-refractivity contribution in [2.75, 3.05) is 0 Å². The number of aromatic nitrogens is 1. The first kappa shape index (κ1) is 24.7. The van der Waals surface area contributed by atoms with Gasteiger partial charge < -0.3 is 0 Å². The molecule has 7 rings (SSSR count). The third kappa shape index (κ3) is 4.48. The van der Waals surface area contributed by atoms with Gasteiger partial charge in [0.25, 0.3) is 0 Å². The van der Waals surface area contributed by atoms with Crippen LogP contribution >= 0.6 is 0 Å². The fraction of sp³-hybridized carbons (Fsp3) is 0.211. The molecule has 0 N–H and O–H groups in total. The van der Waals surface area contributed by atoms with Crippen LogP contribution in [-0.4, -0.2) is 11.2 Å². The van der Waals surface area contributed by atoms with E-state index in [0.29, 0.717) is 11.8 Å². The predicted molar refractivity (Wildman–Crippen MR) is 170 cm³/mol. The first-order valence-corrected chi connectivity index (χ1v) is 14.7. The fourth-order valence-electron chi connectivity index (χ4n) is 6.30. The topological polar surface area (TPSA) is 25.2 Å². The summed E-state index contributed by atoms with van der Waals surface area (Å²) in [6.07, 6.45) is 25.7. The number of fused-ring (bicyclic) bond motifs is 4. The summed E-state index contributed by atoms with van der Waals surface area (Å²) >= 11 is 0. The van der Waals surface area contributed by atoms with E-state index in [4.69, 9.17) is 9.98 Å². The molecule has 3 unspecified atom stereocenters. The smallest absolute Gasteiger partial charge is 0.112 e. The van der Waals surface area contributed by atoms with E-state index >= 15 is 0 Å². The number of aliphatic imine (C=N–C) groups is 1. The zero-order valence-electron chi connectivity index (χ0n) is 23.2. The molecular weight excluding hydrogens is 484 g/mol. The molecule has 2 aromatic carbocycles. The maximum atomic E-state index is 5.37. The van der Waals surface area contributed by atoms with Gasteiger partial charge in [0.1, 0.15) is 6.04 Å². The zero-order chi connectivity index (χ0) is 27.1. The average Bonchev–Trinajstić information content (AvgIpc) is 3.84. The molecule has 0 saturated heterocycles.